The van der Waals surface area contributed by atoms with Crippen LogP contribution in [0, 0.1) is 17.6 Å². The molecule has 0 bridgehead atoms. The maximum absolute atomic E-state index is 13.4. The van der Waals surface area contributed by atoms with E-state index in [9.17, 15) is 13.6 Å². The van der Waals surface area contributed by atoms with Crippen LogP contribution in [0.5, 0.6) is 0 Å². The second-order valence-electron chi connectivity index (χ2n) is 8.30. The van der Waals surface area contributed by atoms with Crippen LogP contribution in [0.2, 0.25) is 0 Å². The monoisotopic (exact) mass is 440 g/mol. The van der Waals surface area contributed by atoms with Crippen molar-refractivity contribution in [2.45, 2.75) is 31.7 Å². The van der Waals surface area contributed by atoms with Gasteiger partial charge >= 0.3 is 5.97 Å². The molecular formula is C22H22F2N6O2. The van der Waals surface area contributed by atoms with Crippen LogP contribution in [0.1, 0.15) is 24.0 Å². The van der Waals surface area contributed by atoms with Crippen LogP contribution in [-0.2, 0) is 17.6 Å². The van der Waals surface area contributed by atoms with Gasteiger partial charge in [-0.1, -0.05) is 0 Å². The summed E-state index contributed by atoms with van der Waals surface area (Å²) in [6, 6.07) is 2.50. The largest absolute Gasteiger partial charge is 0.481 e. The summed E-state index contributed by atoms with van der Waals surface area (Å²) >= 11 is 0. The van der Waals surface area contributed by atoms with Gasteiger partial charge in [-0.3, -0.25) is 4.79 Å². The van der Waals surface area contributed by atoms with E-state index in [0.717, 1.165) is 22.4 Å². The molecule has 2 aliphatic rings. The fourth-order valence-corrected chi connectivity index (χ4v) is 4.39. The molecule has 0 atom stereocenters. The van der Waals surface area contributed by atoms with E-state index in [1.807, 2.05) is 4.90 Å². The van der Waals surface area contributed by atoms with Crippen LogP contribution in [0.3, 0.4) is 0 Å². The molecule has 5 rings (SSSR count). The van der Waals surface area contributed by atoms with Crippen LogP contribution in [0.25, 0.3) is 11.3 Å². The van der Waals surface area contributed by atoms with Gasteiger partial charge < -0.3 is 20.3 Å². The number of aromatic amines is 1. The normalized spacial score (nSPS) is 16.9. The second kappa shape index (κ2) is 8.18. The summed E-state index contributed by atoms with van der Waals surface area (Å²) in [5, 5.41) is 12.4. The first-order valence-electron chi connectivity index (χ1n) is 10.5. The molecule has 3 N–H and O–H groups in total. The first-order valence-corrected chi connectivity index (χ1v) is 10.5. The quantitative estimate of drug-likeness (QED) is 0.560. The van der Waals surface area contributed by atoms with Crippen LogP contribution < -0.4 is 10.2 Å². The number of aliphatic carboxylic acids is 1. The Morgan fingerprint density at radius 3 is 2.25 bits per heavy atom. The summed E-state index contributed by atoms with van der Waals surface area (Å²) in [5.74, 6) is -1.53. The summed E-state index contributed by atoms with van der Waals surface area (Å²) in [4.78, 5) is 29.6. The SMILES string of the molecule is O=C(O)C1CCN(c2ncc(-c3cnc(NC4Cc5cc(F)c(F)cc5C4)nc3)[nH]2)CC1. The minimum atomic E-state index is -0.824. The highest BCUT2D eigenvalue weighted by molar-refractivity contribution is 5.70. The number of carboxylic acids is 1. The molecule has 0 radical (unpaired) electrons. The number of nitrogens with zero attached hydrogens (tertiary/aromatic N) is 4. The fraction of sp³-hybridized carbons (Fsp3) is 0.364. The number of hydrogen-bond donors (Lipinski definition) is 3. The molecule has 1 saturated heterocycles. The van der Waals surface area contributed by atoms with E-state index in [4.69, 9.17) is 5.11 Å². The van der Waals surface area contributed by atoms with Gasteiger partial charge in [0, 0.05) is 37.1 Å². The third-order valence-electron chi connectivity index (χ3n) is 6.18. The number of hydrogen-bond acceptors (Lipinski definition) is 6. The maximum atomic E-state index is 13.4. The first-order chi connectivity index (χ1) is 15.5. The van der Waals surface area contributed by atoms with Crippen LogP contribution in [0.4, 0.5) is 20.7 Å². The van der Waals surface area contributed by atoms with Gasteiger partial charge in [0.25, 0.3) is 0 Å². The minimum absolute atomic E-state index is 0.0236. The Bertz CT molecular complexity index is 1110. The van der Waals surface area contributed by atoms with Crippen molar-refractivity contribution in [1.29, 1.82) is 0 Å². The van der Waals surface area contributed by atoms with Crippen molar-refractivity contribution >= 4 is 17.9 Å². The highest BCUT2D eigenvalue weighted by atomic mass is 19.2. The van der Waals surface area contributed by atoms with Crippen molar-refractivity contribution < 1.29 is 18.7 Å². The molecule has 10 heteroatoms. The highest BCUT2D eigenvalue weighted by Gasteiger charge is 2.26. The molecule has 0 saturated carbocycles. The third kappa shape index (κ3) is 4.00. The maximum Gasteiger partial charge on any atom is 0.306 e. The number of H-pyrrole nitrogens is 1. The van der Waals surface area contributed by atoms with Gasteiger partial charge in [0.1, 0.15) is 0 Å². The minimum Gasteiger partial charge on any atom is -0.481 e. The number of fused-ring (bicyclic) bond motifs is 1. The Morgan fingerprint density at radius 1 is 1.03 bits per heavy atom. The Kier molecular flexibility index (Phi) is 5.20. The van der Waals surface area contributed by atoms with E-state index >= 15 is 0 Å². The summed E-state index contributed by atoms with van der Waals surface area (Å²) in [6.07, 6.45) is 7.44. The zero-order valence-corrected chi connectivity index (χ0v) is 17.2. The van der Waals surface area contributed by atoms with E-state index in [0.29, 0.717) is 50.7 Å². The predicted molar refractivity (Wildman–Crippen MR) is 113 cm³/mol. The second-order valence-corrected chi connectivity index (χ2v) is 8.30. The number of carboxylic acid groups (broad SMARTS) is 1. The van der Waals surface area contributed by atoms with Crippen molar-refractivity contribution in [3.63, 3.8) is 0 Å². The van der Waals surface area contributed by atoms with Gasteiger partial charge in [0.15, 0.2) is 11.6 Å². The molecule has 1 aromatic carbocycles. The Hall–Kier alpha value is -3.56. The predicted octanol–water partition coefficient (Wildman–Crippen LogP) is 3.03. The van der Waals surface area contributed by atoms with Gasteiger partial charge in [-0.2, -0.15) is 0 Å². The summed E-state index contributed by atoms with van der Waals surface area (Å²) in [7, 11) is 0. The molecule has 32 heavy (non-hydrogen) atoms. The Balaban J connectivity index is 1.21. The lowest BCUT2D eigenvalue weighted by Crippen LogP contribution is -2.36. The van der Waals surface area contributed by atoms with Crippen molar-refractivity contribution in [3.8, 4) is 11.3 Å². The van der Waals surface area contributed by atoms with Gasteiger partial charge in [-0.15, -0.1) is 0 Å². The number of halogens is 2. The zero-order chi connectivity index (χ0) is 22.2. The average Bonchev–Trinajstić information content (AvgIpc) is 3.42. The van der Waals surface area contributed by atoms with Gasteiger partial charge in [0.05, 0.1) is 17.8 Å². The van der Waals surface area contributed by atoms with Crippen LogP contribution >= 0.6 is 0 Å². The Morgan fingerprint density at radius 2 is 1.66 bits per heavy atom. The average molecular weight is 440 g/mol. The van der Waals surface area contributed by atoms with E-state index in [2.05, 4.69) is 25.3 Å². The molecule has 3 heterocycles. The molecule has 166 valence electrons. The lowest BCUT2D eigenvalue weighted by atomic mass is 9.97. The van der Waals surface area contributed by atoms with E-state index in [1.165, 1.54) is 12.1 Å². The topological polar surface area (TPSA) is 107 Å². The molecule has 1 aliphatic carbocycles. The van der Waals surface area contributed by atoms with Crippen molar-refractivity contribution in [2.24, 2.45) is 5.92 Å². The number of carbonyl (C=O) groups is 1. The molecule has 2 aromatic heterocycles. The van der Waals surface area contributed by atoms with E-state index in [1.54, 1.807) is 18.6 Å². The standard InChI is InChI=1S/C22H22F2N6O2/c23-17-7-13-5-16(6-14(13)8-18(17)24)28-21-25-9-15(10-26-21)19-11-27-22(29-19)30-3-1-12(2-4-30)20(31)32/h7-12,16H,1-6H2,(H,27,29)(H,31,32)(H,25,26,28). The number of nitrogens with one attached hydrogen (secondary N) is 2. The zero-order valence-electron chi connectivity index (χ0n) is 17.2. The number of anilines is 2. The van der Waals surface area contributed by atoms with Gasteiger partial charge in [0.2, 0.25) is 11.9 Å². The molecule has 1 fully saturated rings. The molecule has 0 spiro atoms. The molecule has 3 aromatic rings. The summed E-state index contributed by atoms with van der Waals surface area (Å²) in [6.45, 7) is 1.28. The molecule has 0 amide bonds. The van der Waals surface area contributed by atoms with E-state index < -0.39 is 17.6 Å². The number of piperidine rings is 1. The van der Waals surface area contributed by atoms with Crippen molar-refractivity contribution in [1.82, 2.24) is 19.9 Å². The highest BCUT2D eigenvalue weighted by Crippen LogP contribution is 2.27. The lowest BCUT2D eigenvalue weighted by molar-refractivity contribution is -0.142. The first kappa shape index (κ1) is 20.3. The van der Waals surface area contributed by atoms with Gasteiger partial charge in [-0.05, 0) is 48.9 Å². The summed E-state index contributed by atoms with van der Waals surface area (Å²) < 4.78 is 26.9. The van der Waals surface area contributed by atoms with Crippen LogP contribution in [-0.4, -0.2) is 50.1 Å². The number of benzene rings is 1. The smallest absolute Gasteiger partial charge is 0.306 e. The summed E-state index contributed by atoms with van der Waals surface area (Å²) in [5.41, 5.74) is 3.14. The molecule has 1 aliphatic heterocycles. The fourth-order valence-electron chi connectivity index (χ4n) is 4.39. The molecule has 0 unspecified atom stereocenters. The Labute approximate surface area is 182 Å². The molecule has 8 nitrogen and oxygen atoms in total. The number of imidazole rings is 1. The van der Waals surface area contributed by atoms with Crippen LogP contribution in [0.15, 0.2) is 30.7 Å². The van der Waals surface area contributed by atoms with Crippen molar-refractivity contribution in [2.75, 3.05) is 23.3 Å². The number of aromatic nitrogens is 4. The van der Waals surface area contributed by atoms with Gasteiger partial charge in [-0.25, -0.2) is 23.7 Å². The molecular weight excluding hydrogens is 418 g/mol. The van der Waals surface area contributed by atoms with Crippen molar-refractivity contribution in [3.05, 3.63) is 53.5 Å². The lowest BCUT2D eigenvalue weighted by Gasteiger charge is -2.29. The van der Waals surface area contributed by atoms with E-state index in [-0.39, 0.29) is 12.0 Å². The third-order valence-corrected chi connectivity index (χ3v) is 6.18. The number of rotatable bonds is 5.